The van der Waals surface area contributed by atoms with Gasteiger partial charge in [-0.25, -0.2) is 13.1 Å². The Morgan fingerprint density at radius 1 is 1.07 bits per heavy atom. The Kier molecular flexibility index (Phi) is 5.60. The van der Waals surface area contributed by atoms with Crippen molar-refractivity contribution in [3.8, 4) is 0 Å². The van der Waals surface area contributed by atoms with Crippen LogP contribution in [-0.4, -0.2) is 27.4 Å². The smallest absolute Gasteiger partial charge is 0.240 e. The van der Waals surface area contributed by atoms with Crippen molar-refractivity contribution in [3.05, 3.63) is 64.2 Å². The molecule has 3 rings (SSSR count). The molecule has 144 valence electrons. The van der Waals surface area contributed by atoms with Crippen LogP contribution < -0.4 is 10.0 Å². The molecule has 0 aliphatic heterocycles. The van der Waals surface area contributed by atoms with Gasteiger partial charge < -0.3 is 5.32 Å². The van der Waals surface area contributed by atoms with Gasteiger partial charge in [0.2, 0.25) is 15.9 Å². The second-order valence-corrected chi connectivity index (χ2v) is 9.18. The molecular weight excluding hydrogens is 384 g/mol. The van der Waals surface area contributed by atoms with Gasteiger partial charge in [-0.05, 0) is 61.6 Å². The maximum Gasteiger partial charge on any atom is 0.240 e. The van der Waals surface area contributed by atoms with E-state index >= 15 is 0 Å². The quantitative estimate of drug-likeness (QED) is 0.694. The van der Waals surface area contributed by atoms with Gasteiger partial charge in [-0.2, -0.15) is 0 Å². The van der Waals surface area contributed by atoms with Crippen molar-refractivity contribution < 1.29 is 13.2 Å². The van der Waals surface area contributed by atoms with Crippen LogP contribution in [0.2, 0.25) is 5.02 Å². The van der Waals surface area contributed by atoms with E-state index in [0.717, 1.165) is 24.0 Å². The van der Waals surface area contributed by atoms with Gasteiger partial charge >= 0.3 is 0 Å². The molecule has 0 heterocycles. The highest BCUT2D eigenvalue weighted by atomic mass is 35.5. The van der Waals surface area contributed by atoms with E-state index in [2.05, 4.69) is 10.0 Å². The fourth-order valence-electron chi connectivity index (χ4n) is 3.15. The lowest BCUT2D eigenvalue weighted by Crippen LogP contribution is -2.39. The van der Waals surface area contributed by atoms with Crippen molar-refractivity contribution in [1.29, 1.82) is 0 Å². The summed E-state index contributed by atoms with van der Waals surface area (Å²) in [6.07, 6.45) is 1.57. The highest BCUT2D eigenvalue weighted by molar-refractivity contribution is 7.89. The second-order valence-electron chi connectivity index (χ2n) is 7.01. The maximum absolute atomic E-state index is 12.6. The third kappa shape index (κ3) is 4.34. The molecule has 0 bridgehead atoms. The largest absolute Gasteiger partial charge is 0.354 e. The van der Waals surface area contributed by atoms with Crippen molar-refractivity contribution in [2.24, 2.45) is 0 Å². The molecule has 1 aliphatic rings. The fourth-order valence-corrected chi connectivity index (χ4v) is 4.63. The first-order chi connectivity index (χ1) is 12.7. The van der Waals surface area contributed by atoms with E-state index in [1.54, 1.807) is 31.2 Å². The lowest BCUT2D eigenvalue weighted by atomic mass is 9.95. The first-order valence-electron chi connectivity index (χ1n) is 8.86. The summed E-state index contributed by atoms with van der Waals surface area (Å²) < 4.78 is 27.5. The van der Waals surface area contributed by atoms with Crippen molar-refractivity contribution in [2.75, 3.05) is 13.1 Å². The van der Waals surface area contributed by atoms with E-state index in [0.29, 0.717) is 10.6 Å². The Balaban J connectivity index is 1.56. The van der Waals surface area contributed by atoms with Gasteiger partial charge in [-0.3, -0.25) is 4.79 Å². The maximum atomic E-state index is 12.6. The number of sulfonamides is 1. The minimum atomic E-state index is -3.60. The lowest BCUT2D eigenvalue weighted by Gasteiger charge is -2.16. The van der Waals surface area contributed by atoms with Crippen LogP contribution in [0.5, 0.6) is 0 Å². The molecule has 1 fully saturated rings. The average molecular weight is 407 g/mol. The molecule has 2 N–H and O–H groups in total. The van der Waals surface area contributed by atoms with Gasteiger partial charge in [-0.1, -0.05) is 35.9 Å². The van der Waals surface area contributed by atoms with Crippen LogP contribution >= 0.6 is 11.6 Å². The number of benzene rings is 2. The van der Waals surface area contributed by atoms with Crippen molar-refractivity contribution in [1.82, 2.24) is 10.0 Å². The molecule has 5 nitrogen and oxygen atoms in total. The summed E-state index contributed by atoms with van der Waals surface area (Å²) in [5, 5.41) is 3.48. The van der Waals surface area contributed by atoms with Gasteiger partial charge in [0.25, 0.3) is 0 Å². The number of hydrogen-bond donors (Lipinski definition) is 2. The molecule has 0 unspecified atom stereocenters. The zero-order valence-corrected chi connectivity index (χ0v) is 17.0. The number of aryl methyl sites for hydroxylation is 2. The van der Waals surface area contributed by atoms with Crippen molar-refractivity contribution in [3.63, 3.8) is 0 Å². The van der Waals surface area contributed by atoms with E-state index in [1.165, 1.54) is 0 Å². The third-order valence-electron chi connectivity index (χ3n) is 4.92. The molecule has 0 atom stereocenters. The molecule has 1 aliphatic carbocycles. The van der Waals surface area contributed by atoms with Crippen LogP contribution in [0.15, 0.2) is 47.4 Å². The zero-order valence-electron chi connectivity index (χ0n) is 15.4. The van der Waals surface area contributed by atoms with Crippen LogP contribution in [0.3, 0.4) is 0 Å². The summed E-state index contributed by atoms with van der Waals surface area (Å²) in [5.41, 5.74) is 2.02. The Hall–Kier alpha value is -1.89. The summed E-state index contributed by atoms with van der Waals surface area (Å²) in [6.45, 7) is 3.99. The summed E-state index contributed by atoms with van der Waals surface area (Å²) in [7, 11) is -3.60. The van der Waals surface area contributed by atoms with Crippen LogP contribution in [-0.2, 0) is 20.2 Å². The Morgan fingerprint density at radius 2 is 1.74 bits per heavy atom. The molecule has 2 aromatic rings. The summed E-state index contributed by atoms with van der Waals surface area (Å²) in [5.74, 6) is -0.0734. The highest BCUT2D eigenvalue weighted by Gasteiger charge is 2.50. The molecule has 0 radical (unpaired) electrons. The van der Waals surface area contributed by atoms with E-state index in [4.69, 9.17) is 11.6 Å². The molecule has 1 saturated carbocycles. The second kappa shape index (κ2) is 7.62. The number of nitrogens with one attached hydrogen (secondary N) is 2. The van der Waals surface area contributed by atoms with Gasteiger partial charge in [0.1, 0.15) is 0 Å². The van der Waals surface area contributed by atoms with Gasteiger partial charge in [-0.15, -0.1) is 0 Å². The minimum Gasteiger partial charge on any atom is -0.354 e. The predicted molar refractivity (Wildman–Crippen MR) is 106 cm³/mol. The number of hydrogen-bond acceptors (Lipinski definition) is 3. The van der Waals surface area contributed by atoms with E-state index < -0.39 is 15.4 Å². The minimum absolute atomic E-state index is 0.0734. The number of rotatable bonds is 7. The zero-order chi connectivity index (χ0) is 19.7. The van der Waals surface area contributed by atoms with E-state index in [1.807, 2.05) is 25.1 Å². The molecule has 0 saturated heterocycles. The highest BCUT2D eigenvalue weighted by Crippen LogP contribution is 2.48. The summed E-state index contributed by atoms with van der Waals surface area (Å²) in [6, 6.07) is 12.6. The first-order valence-corrected chi connectivity index (χ1v) is 10.7. The van der Waals surface area contributed by atoms with E-state index in [-0.39, 0.29) is 23.9 Å². The Morgan fingerprint density at radius 3 is 2.37 bits per heavy atom. The molecular formula is C20H23ClN2O3S. The fraction of sp³-hybridized carbons (Fsp3) is 0.350. The van der Waals surface area contributed by atoms with Gasteiger partial charge in [0, 0.05) is 18.1 Å². The van der Waals surface area contributed by atoms with Crippen LogP contribution in [0.4, 0.5) is 0 Å². The first kappa shape index (κ1) is 19.9. The molecule has 1 amide bonds. The topological polar surface area (TPSA) is 75.3 Å². The predicted octanol–water partition coefficient (Wildman–Crippen LogP) is 3.08. The Labute approximate surface area is 165 Å². The van der Waals surface area contributed by atoms with Gasteiger partial charge in [0.15, 0.2) is 0 Å². The number of carbonyl (C=O) groups is 1. The SMILES string of the molecule is Cc1ccc(C)c(S(=O)(=O)NCCNC(=O)C2(c3ccc(Cl)cc3)CC2)c1. The van der Waals surface area contributed by atoms with Gasteiger partial charge in [0.05, 0.1) is 10.3 Å². The number of halogens is 1. The van der Waals surface area contributed by atoms with Crippen molar-refractivity contribution >= 4 is 27.5 Å². The summed E-state index contributed by atoms with van der Waals surface area (Å²) >= 11 is 5.91. The van der Waals surface area contributed by atoms with Crippen LogP contribution in [0.1, 0.15) is 29.5 Å². The van der Waals surface area contributed by atoms with Crippen LogP contribution in [0, 0.1) is 13.8 Å². The molecule has 0 spiro atoms. The van der Waals surface area contributed by atoms with Crippen LogP contribution in [0.25, 0.3) is 0 Å². The normalized spacial score (nSPS) is 15.4. The lowest BCUT2D eigenvalue weighted by molar-refractivity contribution is -0.123. The average Bonchev–Trinajstić information content (AvgIpc) is 3.43. The van der Waals surface area contributed by atoms with Crippen molar-refractivity contribution in [2.45, 2.75) is 37.0 Å². The number of carbonyl (C=O) groups excluding carboxylic acids is 1. The molecule has 27 heavy (non-hydrogen) atoms. The van der Waals surface area contributed by atoms with E-state index in [9.17, 15) is 13.2 Å². The monoisotopic (exact) mass is 406 g/mol. The third-order valence-corrected chi connectivity index (χ3v) is 6.77. The molecule has 7 heteroatoms. The Bertz CT molecular complexity index is 952. The number of amides is 1. The molecule has 0 aromatic heterocycles. The molecule has 2 aromatic carbocycles. The summed E-state index contributed by atoms with van der Waals surface area (Å²) in [4.78, 5) is 12.9. The standard InChI is InChI=1S/C20H23ClN2O3S/c1-14-3-4-15(2)18(13-14)27(25,26)23-12-11-22-19(24)20(9-10-20)16-5-7-17(21)8-6-16/h3-8,13,23H,9-12H2,1-2H3,(H,22,24).